The van der Waals surface area contributed by atoms with Crippen molar-refractivity contribution in [2.45, 2.75) is 32.4 Å². The average Bonchev–Trinajstić information content (AvgIpc) is 2.42. The third kappa shape index (κ3) is 2.90. The first-order valence-corrected chi connectivity index (χ1v) is 6.24. The number of amides is 3. The standard InChI is InChI=1S/C12H14N4O4/c1-2-16-10(18)6-4-8(15-16)12(20)13-7-3-5-9(17)14-11(7)19/h4,6-7H,2-3,5H2,1H3,(H,13,20)(H,14,17,19). The lowest BCUT2D eigenvalue weighted by molar-refractivity contribution is -0.134. The van der Waals surface area contributed by atoms with E-state index in [1.165, 1.54) is 12.1 Å². The summed E-state index contributed by atoms with van der Waals surface area (Å²) < 4.78 is 1.15. The predicted octanol–water partition coefficient (Wildman–Crippen LogP) is -1.20. The molecule has 1 fully saturated rings. The van der Waals surface area contributed by atoms with E-state index in [-0.39, 0.29) is 30.0 Å². The topological polar surface area (TPSA) is 110 Å². The Bertz CT molecular complexity index is 622. The average molecular weight is 278 g/mol. The Morgan fingerprint density at radius 3 is 2.85 bits per heavy atom. The van der Waals surface area contributed by atoms with Gasteiger partial charge in [0, 0.05) is 19.0 Å². The van der Waals surface area contributed by atoms with Crippen molar-refractivity contribution in [3.63, 3.8) is 0 Å². The Morgan fingerprint density at radius 1 is 1.45 bits per heavy atom. The SMILES string of the molecule is CCn1nc(C(=O)NC2CCC(=O)NC2=O)ccc1=O. The molecular weight excluding hydrogens is 264 g/mol. The van der Waals surface area contributed by atoms with Gasteiger partial charge in [0.15, 0.2) is 0 Å². The van der Waals surface area contributed by atoms with Crippen LogP contribution in [0.3, 0.4) is 0 Å². The smallest absolute Gasteiger partial charge is 0.272 e. The summed E-state index contributed by atoms with van der Waals surface area (Å²) in [6.07, 6.45) is 0.433. The van der Waals surface area contributed by atoms with E-state index in [0.717, 1.165) is 4.68 Å². The molecule has 2 heterocycles. The van der Waals surface area contributed by atoms with Crippen molar-refractivity contribution in [3.05, 3.63) is 28.2 Å². The summed E-state index contributed by atoms with van der Waals surface area (Å²) in [6.45, 7) is 2.08. The number of aryl methyl sites for hydroxylation is 1. The third-order valence-corrected chi connectivity index (χ3v) is 2.94. The van der Waals surface area contributed by atoms with Crippen LogP contribution in [0.4, 0.5) is 0 Å². The fourth-order valence-corrected chi connectivity index (χ4v) is 1.86. The van der Waals surface area contributed by atoms with Gasteiger partial charge in [-0.1, -0.05) is 0 Å². The van der Waals surface area contributed by atoms with Crippen molar-refractivity contribution < 1.29 is 14.4 Å². The van der Waals surface area contributed by atoms with Crippen molar-refractivity contribution in [1.82, 2.24) is 20.4 Å². The van der Waals surface area contributed by atoms with Gasteiger partial charge in [0.05, 0.1) is 0 Å². The van der Waals surface area contributed by atoms with Crippen molar-refractivity contribution in [2.24, 2.45) is 0 Å². The van der Waals surface area contributed by atoms with Crippen molar-refractivity contribution >= 4 is 17.7 Å². The van der Waals surface area contributed by atoms with Crippen LogP contribution in [-0.2, 0) is 16.1 Å². The molecule has 0 aromatic carbocycles. The number of rotatable bonds is 3. The quantitative estimate of drug-likeness (QED) is 0.675. The third-order valence-electron chi connectivity index (χ3n) is 2.94. The summed E-state index contributed by atoms with van der Waals surface area (Å²) >= 11 is 0. The fraction of sp³-hybridized carbons (Fsp3) is 0.417. The molecule has 2 rings (SSSR count). The molecule has 1 aliphatic rings. The van der Waals surface area contributed by atoms with Crippen LogP contribution in [0.15, 0.2) is 16.9 Å². The van der Waals surface area contributed by atoms with Crippen molar-refractivity contribution in [1.29, 1.82) is 0 Å². The Labute approximate surface area is 114 Å². The number of hydrogen-bond acceptors (Lipinski definition) is 5. The van der Waals surface area contributed by atoms with Crippen LogP contribution in [0.5, 0.6) is 0 Å². The Balaban J connectivity index is 2.10. The summed E-state index contributed by atoms with van der Waals surface area (Å²) in [5, 5.41) is 8.53. The molecule has 1 aromatic rings. The minimum atomic E-state index is -0.760. The van der Waals surface area contributed by atoms with E-state index in [9.17, 15) is 19.2 Å². The van der Waals surface area contributed by atoms with Crippen molar-refractivity contribution in [2.75, 3.05) is 0 Å². The van der Waals surface area contributed by atoms with Crippen LogP contribution in [-0.4, -0.2) is 33.5 Å². The minimum Gasteiger partial charge on any atom is -0.339 e. The maximum atomic E-state index is 12.0. The van der Waals surface area contributed by atoms with Gasteiger partial charge in [-0.05, 0) is 19.4 Å². The first kappa shape index (κ1) is 13.9. The number of piperidine rings is 1. The molecule has 1 atom stereocenters. The summed E-state index contributed by atoms with van der Waals surface area (Å²) in [7, 11) is 0. The van der Waals surface area contributed by atoms with Crippen LogP contribution < -0.4 is 16.2 Å². The molecule has 3 amide bonds. The zero-order valence-corrected chi connectivity index (χ0v) is 10.9. The number of hydrogen-bond donors (Lipinski definition) is 2. The number of nitrogens with one attached hydrogen (secondary N) is 2. The van der Waals surface area contributed by atoms with E-state index in [4.69, 9.17) is 0 Å². The molecule has 0 radical (unpaired) electrons. The van der Waals surface area contributed by atoms with Gasteiger partial charge in [-0.25, -0.2) is 4.68 Å². The molecule has 1 aromatic heterocycles. The highest BCUT2D eigenvalue weighted by Gasteiger charge is 2.28. The highest BCUT2D eigenvalue weighted by molar-refractivity contribution is 6.03. The van der Waals surface area contributed by atoms with Gasteiger partial charge in [0.2, 0.25) is 11.8 Å². The lowest BCUT2D eigenvalue weighted by Crippen LogP contribution is -2.52. The Morgan fingerprint density at radius 2 is 2.20 bits per heavy atom. The molecule has 1 saturated heterocycles. The zero-order chi connectivity index (χ0) is 14.7. The van der Waals surface area contributed by atoms with Gasteiger partial charge in [-0.2, -0.15) is 5.10 Å². The molecule has 106 valence electrons. The second-order valence-electron chi connectivity index (χ2n) is 4.35. The molecule has 20 heavy (non-hydrogen) atoms. The Kier molecular flexibility index (Phi) is 3.92. The zero-order valence-electron chi connectivity index (χ0n) is 10.9. The summed E-state index contributed by atoms with van der Waals surface area (Å²) in [4.78, 5) is 45.9. The fourth-order valence-electron chi connectivity index (χ4n) is 1.86. The van der Waals surface area contributed by atoms with E-state index < -0.39 is 17.9 Å². The van der Waals surface area contributed by atoms with Gasteiger partial charge in [-0.3, -0.25) is 24.5 Å². The highest BCUT2D eigenvalue weighted by Crippen LogP contribution is 2.05. The lowest BCUT2D eigenvalue weighted by atomic mass is 10.1. The number of imide groups is 1. The minimum absolute atomic E-state index is 0.0520. The molecule has 2 N–H and O–H groups in total. The van der Waals surface area contributed by atoms with E-state index in [1.807, 2.05) is 0 Å². The monoisotopic (exact) mass is 278 g/mol. The molecule has 1 aliphatic heterocycles. The molecular formula is C12H14N4O4. The summed E-state index contributed by atoms with van der Waals surface area (Å²) in [5.74, 6) is -1.43. The Hall–Kier alpha value is -2.51. The van der Waals surface area contributed by atoms with Crippen LogP contribution in [0.25, 0.3) is 0 Å². The number of carbonyl (C=O) groups is 3. The van der Waals surface area contributed by atoms with Crippen molar-refractivity contribution in [3.8, 4) is 0 Å². The summed E-state index contributed by atoms with van der Waals surface area (Å²) in [5.41, 5.74) is -0.249. The number of aromatic nitrogens is 2. The molecule has 0 spiro atoms. The number of nitrogens with zero attached hydrogens (tertiary/aromatic N) is 2. The second kappa shape index (κ2) is 5.64. The van der Waals surface area contributed by atoms with Crippen LogP contribution in [0.1, 0.15) is 30.3 Å². The molecule has 1 unspecified atom stereocenters. The molecule has 0 saturated carbocycles. The summed E-state index contributed by atoms with van der Waals surface area (Å²) in [6, 6.07) is 1.79. The van der Waals surface area contributed by atoms with Gasteiger partial charge in [0.1, 0.15) is 11.7 Å². The molecule has 8 heteroatoms. The second-order valence-corrected chi connectivity index (χ2v) is 4.35. The van der Waals surface area contributed by atoms with Gasteiger partial charge >= 0.3 is 0 Å². The molecule has 0 aliphatic carbocycles. The van der Waals surface area contributed by atoms with E-state index in [2.05, 4.69) is 15.7 Å². The predicted molar refractivity (Wildman–Crippen MR) is 67.8 cm³/mol. The van der Waals surface area contributed by atoms with Gasteiger partial charge in [0.25, 0.3) is 11.5 Å². The van der Waals surface area contributed by atoms with Crippen LogP contribution in [0, 0.1) is 0 Å². The van der Waals surface area contributed by atoms with Crippen LogP contribution >= 0.6 is 0 Å². The van der Waals surface area contributed by atoms with E-state index in [0.29, 0.717) is 6.54 Å². The normalized spacial score (nSPS) is 18.6. The number of carbonyl (C=O) groups excluding carboxylic acids is 3. The van der Waals surface area contributed by atoms with E-state index >= 15 is 0 Å². The van der Waals surface area contributed by atoms with Crippen LogP contribution in [0.2, 0.25) is 0 Å². The highest BCUT2D eigenvalue weighted by atomic mass is 16.2. The lowest BCUT2D eigenvalue weighted by Gasteiger charge is -2.21. The maximum absolute atomic E-state index is 12.0. The first-order chi connectivity index (χ1) is 9.51. The van der Waals surface area contributed by atoms with Gasteiger partial charge in [-0.15, -0.1) is 0 Å². The van der Waals surface area contributed by atoms with E-state index in [1.54, 1.807) is 6.92 Å². The maximum Gasteiger partial charge on any atom is 0.272 e. The van der Waals surface area contributed by atoms with Gasteiger partial charge < -0.3 is 5.32 Å². The largest absolute Gasteiger partial charge is 0.339 e. The molecule has 0 bridgehead atoms. The first-order valence-electron chi connectivity index (χ1n) is 6.24. The molecule has 8 nitrogen and oxygen atoms in total.